The average Bonchev–Trinajstić information content (AvgIpc) is 2.15. The third-order valence-corrected chi connectivity index (χ3v) is 2.44. The fourth-order valence-corrected chi connectivity index (χ4v) is 1.82. The van der Waals surface area contributed by atoms with Gasteiger partial charge in [0.2, 0.25) is 0 Å². The van der Waals surface area contributed by atoms with Crippen LogP contribution in [-0.2, 0) is 17.1 Å². The highest BCUT2D eigenvalue weighted by molar-refractivity contribution is 6.31. The van der Waals surface area contributed by atoms with E-state index in [0.717, 1.165) is 6.07 Å². The first-order valence-electron chi connectivity index (χ1n) is 4.19. The van der Waals surface area contributed by atoms with E-state index in [4.69, 9.17) is 28.3 Å². The standard InChI is InChI=1S/C9H7Cl2F2NO2/c10-3-6-5(9(12)13)1-4(2-7(15)16)14-8(6)11/h1,9H,2-3H2,(H,15,16). The number of nitrogens with zero attached hydrogens (tertiary/aromatic N) is 1. The number of hydrogen-bond acceptors (Lipinski definition) is 2. The van der Waals surface area contributed by atoms with Crippen molar-refractivity contribution in [1.29, 1.82) is 0 Å². The second-order valence-corrected chi connectivity index (χ2v) is 3.60. The Morgan fingerprint density at radius 3 is 2.62 bits per heavy atom. The Morgan fingerprint density at radius 1 is 1.56 bits per heavy atom. The molecule has 0 aliphatic rings. The summed E-state index contributed by atoms with van der Waals surface area (Å²) in [5.41, 5.74) is -0.347. The predicted molar refractivity (Wildman–Crippen MR) is 55.1 cm³/mol. The molecule has 0 spiro atoms. The summed E-state index contributed by atoms with van der Waals surface area (Å²) in [5, 5.41) is 8.34. The summed E-state index contributed by atoms with van der Waals surface area (Å²) in [6.07, 6.45) is -3.22. The van der Waals surface area contributed by atoms with Crippen molar-refractivity contribution < 1.29 is 18.7 Å². The summed E-state index contributed by atoms with van der Waals surface area (Å²) in [5.74, 6) is -1.36. The van der Waals surface area contributed by atoms with Crippen LogP contribution < -0.4 is 0 Å². The monoisotopic (exact) mass is 269 g/mol. The van der Waals surface area contributed by atoms with E-state index in [1.807, 2.05) is 0 Å². The Balaban J connectivity index is 3.22. The SMILES string of the molecule is O=C(O)Cc1cc(C(F)F)c(CCl)c(Cl)n1. The molecule has 88 valence electrons. The number of alkyl halides is 3. The fraction of sp³-hybridized carbons (Fsp3) is 0.333. The van der Waals surface area contributed by atoms with Gasteiger partial charge in [0.05, 0.1) is 18.0 Å². The van der Waals surface area contributed by atoms with E-state index in [0.29, 0.717) is 0 Å². The Morgan fingerprint density at radius 2 is 2.19 bits per heavy atom. The van der Waals surface area contributed by atoms with Crippen molar-refractivity contribution >= 4 is 29.2 Å². The lowest BCUT2D eigenvalue weighted by Gasteiger charge is -2.09. The Labute approximate surface area is 100 Å². The van der Waals surface area contributed by atoms with Crippen molar-refractivity contribution in [2.75, 3.05) is 0 Å². The van der Waals surface area contributed by atoms with Crippen LogP contribution in [0.15, 0.2) is 6.07 Å². The smallest absolute Gasteiger partial charge is 0.309 e. The van der Waals surface area contributed by atoms with Crippen LogP contribution in [0, 0.1) is 0 Å². The topological polar surface area (TPSA) is 50.2 Å². The number of halogens is 4. The average molecular weight is 270 g/mol. The number of carbonyl (C=O) groups is 1. The molecule has 0 bridgehead atoms. The van der Waals surface area contributed by atoms with Gasteiger partial charge in [-0.05, 0) is 6.07 Å². The van der Waals surface area contributed by atoms with E-state index in [1.54, 1.807) is 0 Å². The summed E-state index contributed by atoms with van der Waals surface area (Å²) >= 11 is 11.1. The fourth-order valence-electron chi connectivity index (χ4n) is 1.18. The summed E-state index contributed by atoms with van der Waals surface area (Å²) < 4.78 is 25.2. The minimum absolute atomic E-state index is 0.0123. The molecule has 0 aliphatic carbocycles. The van der Waals surface area contributed by atoms with E-state index in [2.05, 4.69) is 4.98 Å². The first-order valence-corrected chi connectivity index (χ1v) is 5.11. The Kier molecular flexibility index (Phi) is 4.44. The number of rotatable bonds is 4. The number of carboxylic acids is 1. The zero-order valence-electron chi connectivity index (χ0n) is 7.88. The highest BCUT2D eigenvalue weighted by Crippen LogP contribution is 2.29. The molecule has 16 heavy (non-hydrogen) atoms. The molecule has 3 nitrogen and oxygen atoms in total. The predicted octanol–water partition coefficient (Wildman–Crippen LogP) is 3.04. The first-order chi connectivity index (χ1) is 7.45. The van der Waals surface area contributed by atoms with E-state index < -0.39 is 18.8 Å². The largest absolute Gasteiger partial charge is 0.481 e. The second-order valence-electron chi connectivity index (χ2n) is 2.98. The lowest BCUT2D eigenvalue weighted by molar-refractivity contribution is -0.136. The third-order valence-electron chi connectivity index (χ3n) is 1.86. The van der Waals surface area contributed by atoms with Crippen LogP contribution >= 0.6 is 23.2 Å². The van der Waals surface area contributed by atoms with Crippen molar-refractivity contribution in [3.8, 4) is 0 Å². The van der Waals surface area contributed by atoms with E-state index in [9.17, 15) is 13.6 Å². The van der Waals surface area contributed by atoms with Gasteiger partial charge in [-0.3, -0.25) is 4.79 Å². The van der Waals surface area contributed by atoms with Gasteiger partial charge < -0.3 is 5.11 Å². The molecule has 0 saturated heterocycles. The third kappa shape index (κ3) is 3.02. The van der Waals surface area contributed by atoms with Gasteiger partial charge in [0.15, 0.2) is 0 Å². The molecule has 0 radical (unpaired) electrons. The number of pyridine rings is 1. The number of carboxylic acid groups (broad SMARTS) is 1. The van der Waals surface area contributed by atoms with Crippen molar-refractivity contribution in [1.82, 2.24) is 4.98 Å². The number of aliphatic carboxylic acids is 1. The second kappa shape index (κ2) is 5.41. The quantitative estimate of drug-likeness (QED) is 0.675. The molecule has 0 amide bonds. The molecule has 7 heteroatoms. The summed E-state index contributed by atoms with van der Waals surface area (Å²) in [4.78, 5) is 14.1. The normalized spacial score (nSPS) is 10.8. The molecular formula is C9H7Cl2F2NO2. The molecule has 1 heterocycles. The Bertz CT molecular complexity index is 413. The highest BCUT2D eigenvalue weighted by Gasteiger charge is 2.18. The van der Waals surface area contributed by atoms with Gasteiger partial charge in [-0.15, -0.1) is 11.6 Å². The van der Waals surface area contributed by atoms with Gasteiger partial charge in [-0.2, -0.15) is 0 Å². The molecule has 0 aromatic carbocycles. The van der Waals surface area contributed by atoms with Crippen LogP contribution in [0.1, 0.15) is 23.2 Å². The van der Waals surface area contributed by atoms with Crippen molar-refractivity contribution in [2.45, 2.75) is 18.7 Å². The van der Waals surface area contributed by atoms with Gasteiger partial charge in [0.1, 0.15) is 5.15 Å². The molecule has 0 aliphatic heterocycles. The van der Waals surface area contributed by atoms with Gasteiger partial charge in [0, 0.05) is 11.1 Å². The van der Waals surface area contributed by atoms with E-state index >= 15 is 0 Å². The lowest BCUT2D eigenvalue weighted by Crippen LogP contribution is -2.06. The molecule has 1 aromatic heterocycles. The van der Waals surface area contributed by atoms with Crippen LogP contribution in [0.5, 0.6) is 0 Å². The molecule has 1 aromatic rings. The minimum atomic E-state index is -2.76. The van der Waals surface area contributed by atoms with Crippen LogP contribution in [0.2, 0.25) is 5.15 Å². The molecular weight excluding hydrogens is 263 g/mol. The molecule has 0 saturated carbocycles. The van der Waals surface area contributed by atoms with Gasteiger partial charge in [-0.1, -0.05) is 11.6 Å². The van der Waals surface area contributed by atoms with Crippen LogP contribution in [0.3, 0.4) is 0 Å². The molecule has 1 rings (SSSR count). The molecule has 0 atom stereocenters. The van der Waals surface area contributed by atoms with Gasteiger partial charge in [0.25, 0.3) is 6.43 Å². The van der Waals surface area contributed by atoms with Gasteiger partial charge in [-0.25, -0.2) is 13.8 Å². The van der Waals surface area contributed by atoms with Crippen molar-refractivity contribution in [3.05, 3.63) is 28.0 Å². The minimum Gasteiger partial charge on any atom is -0.481 e. The van der Waals surface area contributed by atoms with Gasteiger partial charge >= 0.3 is 5.97 Å². The van der Waals surface area contributed by atoms with Crippen LogP contribution in [-0.4, -0.2) is 16.1 Å². The zero-order valence-corrected chi connectivity index (χ0v) is 9.40. The van der Waals surface area contributed by atoms with Crippen molar-refractivity contribution in [3.63, 3.8) is 0 Å². The number of aromatic nitrogens is 1. The van der Waals surface area contributed by atoms with E-state index in [-0.39, 0.29) is 27.9 Å². The Hall–Kier alpha value is -0.940. The summed E-state index contributed by atoms with van der Waals surface area (Å²) in [6, 6.07) is 1.02. The van der Waals surface area contributed by atoms with Crippen LogP contribution in [0.25, 0.3) is 0 Å². The maximum atomic E-state index is 12.6. The summed E-state index contributed by atoms with van der Waals surface area (Å²) in [6.45, 7) is 0. The maximum Gasteiger partial charge on any atom is 0.309 e. The first kappa shape index (κ1) is 13.1. The lowest BCUT2D eigenvalue weighted by atomic mass is 10.1. The molecule has 0 unspecified atom stereocenters. The molecule has 0 fully saturated rings. The highest BCUT2D eigenvalue weighted by atomic mass is 35.5. The zero-order chi connectivity index (χ0) is 12.3. The van der Waals surface area contributed by atoms with Crippen LogP contribution in [0.4, 0.5) is 8.78 Å². The number of hydrogen-bond donors (Lipinski definition) is 1. The summed E-state index contributed by atoms with van der Waals surface area (Å²) in [7, 11) is 0. The maximum absolute atomic E-state index is 12.6. The van der Waals surface area contributed by atoms with Crippen molar-refractivity contribution in [2.24, 2.45) is 0 Å². The van der Waals surface area contributed by atoms with E-state index in [1.165, 1.54) is 0 Å². The molecule has 1 N–H and O–H groups in total.